The molecule has 2 aliphatic heterocycles. The minimum absolute atomic E-state index is 0.0139. The van der Waals surface area contributed by atoms with Crippen LogP contribution in [0.4, 0.5) is 13.2 Å². The van der Waals surface area contributed by atoms with E-state index in [-0.39, 0.29) is 11.5 Å². The molecule has 2 aliphatic rings. The molecule has 0 bridgehead atoms. The summed E-state index contributed by atoms with van der Waals surface area (Å²) in [6.45, 7) is 3.21. The first-order valence-corrected chi connectivity index (χ1v) is 15.2. The molecule has 39 heavy (non-hydrogen) atoms. The zero-order valence-corrected chi connectivity index (χ0v) is 23.1. The fourth-order valence-electron chi connectivity index (χ4n) is 5.63. The van der Waals surface area contributed by atoms with Gasteiger partial charge in [0, 0.05) is 13.1 Å². The molecule has 0 unspecified atom stereocenters. The van der Waals surface area contributed by atoms with Gasteiger partial charge < -0.3 is 4.74 Å². The van der Waals surface area contributed by atoms with Crippen LogP contribution in [0.5, 0.6) is 5.75 Å². The Hall–Kier alpha value is -2.84. The van der Waals surface area contributed by atoms with Crippen LogP contribution in [0.25, 0.3) is 11.1 Å². The number of hydrogen-bond donors (Lipinski definition) is 0. The van der Waals surface area contributed by atoms with Gasteiger partial charge in [-0.25, -0.2) is 8.42 Å². The first-order valence-electron chi connectivity index (χ1n) is 13.3. The van der Waals surface area contributed by atoms with Crippen molar-refractivity contribution in [3.63, 3.8) is 0 Å². The van der Waals surface area contributed by atoms with E-state index in [1.165, 1.54) is 18.7 Å². The third-order valence-corrected chi connectivity index (χ3v) is 9.85. The zero-order chi connectivity index (χ0) is 27.9. The van der Waals surface area contributed by atoms with Gasteiger partial charge in [-0.15, -0.1) is 0 Å². The second kappa shape index (κ2) is 10.3. The van der Waals surface area contributed by atoms with Crippen molar-refractivity contribution in [3.8, 4) is 16.9 Å². The molecule has 8 heteroatoms. The van der Waals surface area contributed by atoms with Crippen LogP contribution in [-0.2, 0) is 27.8 Å². The summed E-state index contributed by atoms with van der Waals surface area (Å²) < 4.78 is 72.3. The number of nitrogens with zero attached hydrogens (tertiary/aromatic N) is 1. The Balaban J connectivity index is 1.23. The summed E-state index contributed by atoms with van der Waals surface area (Å²) in [5, 5.41) is 0. The van der Waals surface area contributed by atoms with Crippen molar-refractivity contribution in [2.24, 2.45) is 0 Å². The lowest BCUT2D eigenvalue weighted by Gasteiger charge is -2.49. The maximum atomic E-state index is 13.5. The van der Waals surface area contributed by atoms with Crippen molar-refractivity contribution in [2.45, 2.75) is 68.4 Å². The van der Waals surface area contributed by atoms with Crippen molar-refractivity contribution in [1.29, 1.82) is 0 Å². The number of likely N-dealkylation sites (tertiary alicyclic amines) is 1. The Kier molecular flexibility index (Phi) is 7.31. The molecule has 1 fully saturated rings. The lowest BCUT2D eigenvalue weighted by molar-refractivity contribution is -0.227. The number of benzene rings is 3. The molecule has 208 valence electrons. The van der Waals surface area contributed by atoms with Gasteiger partial charge in [-0.05, 0) is 79.5 Å². The van der Waals surface area contributed by atoms with Crippen molar-refractivity contribution in [1.82, 2.24) is 4.90 Å². The molecule has 1 spiro atoms. The summed E-state index contributed by atoms with van der Waals surface area (Å²) >= 11 is 0. The molecule has 0 aromatic heterocycles. The number of hydrogen-bond acceptors (Lipinski definition) is 4. The molecule has 0 amide bonds. The summed E-state index contributed by atoms with van der Waals surface area (Å²) in [7, 11) is -3.29. The van der Waals surface area contributed by atoms with E-state index in [1.54, 1.807) is 0 Å². The van der Waals surface area contributed by atoms with Crippen LogP contribution in [0.2, 0.25) is 0 Å². The molecule has 3 aromatic rings. The molecule has 5 rings (SSSR count). The Bertz CT molecular complexity index is 1410. The second-order valence-corrected chi connectivity index (χ2v) is 13.4. The average molecular weight is 558 g/mol. The van der Waals surface area contributed by atoms with Crippen LogP contribution in [0.3, 0.4) is 0 Å². The summed E-state index contributed by atoms with van der Waals surface area (Å²) in [6.07, 6.45) is -1.54. The smallest absolute Gasteiger partial charge is 0.406 e. The highest BCUT2D eigenvalue weighted by molar-refractivity contribution is 7.89. The van der Waals surface area contributed by atoms with Crippen molar-refractivity contribution >= 4 is 9.84 Å². The molecule has 3 aromatic carbocycles. The minimum Gasteiger partial charge on any atom is -0.487 e. The van der Waals surface area contributed by atoms with Gasteiger partial charge in [-0.3, -0.25) is 4.90 Å². The number of piperidine rings is 1. The van der Waals surface area contributed by atoms with Crippen molar-refractivity contribution in [2.75, 3.05) is 13.1 Å². The van der Waals surface area contributed by atoms with E-state index in [0.717, 1.165) is 46.4 Å². The molecular formula is C31H34F3NO3S. The van der Waals surface area contributed by atoms with E-state index < -0.39 is 27.2 Å². The lowest BCUT2D eigenvalue weighted by atomic mass is 9.81. The van der Waals surface area contributed by atoms with E-state index in [9.17, 15) is 21.6 Å². The highest BCUT2D eigenvalue weighted by atomic mass is 32.2. The predicted octanol–water partition coefficient (Wildman–Crippen LogP) is 6.97. The van der Waals surface area contributed by atoms with E-state index in [1.807, 2.05) is 66.7 Å². The lowest BCUT2D eigenvalue weighted by Crippen LogP contribution is -2.60. The maximum absolute atomic E-state index is 13.5. The van der Waals surface area contributed by atoms with E-state index in [4.69, 9.17) is 4.74 Å². The Morgan fingerprint density at radius 2 is 1.41 bits per heavy atom. The zero-order valence-electron chi connectivity index (χ0n) is 22.3. The van der Waals surface area contributed by atoms with Gasteiger partial charge in [0.2, 0.25) is 0 Å². The van der Waals surface area contributed by atoms with E-state index in [2.05, 4.69) is 6.07 Å². The van der Waals surface area contributed by atoms with Crippen LogP contribution in [-0.4, -0.2) is 43.7 Å². The van der Waals surface area contributed by atoms with Crippen molar-refractivity contribution in [3.05, 3.63) is 89.5 Å². The Labute approximate surface area is 228 Å². The highest BCUT2D eigenvalue weighted by Gasteiger charge is 2.53. The number of sulfone groups is 1. The third kappa shape index (κ3) is 6.02. The highest BCUT2D eigenvalue weighted by Crippen LogP contribution is 2.44. The van der Waals surface area contributed by atoms with Crippen LogP contribution in [0, 0.1) is 0 Å². The molecule has 0 aliphatic carbocycles. The van der Waals surface area contributed by atoms with Gasteiger partial charge in [0.25, 0.3) is 0 Å². The molecule has 1 saturated heterocycles. The van der Waals surface area contributed by atoms with Gasteiger partial charge in [0.15, 0.2) is 9.84 Å². The molecule has 0 saturated carbocycles. The number of aryl methyl sites for hydroxylation is 1. The fourth-order valence-corrected chi connectivity index (χ4v) is 7.13. The normalized spacial score (nSPS) is 18.0. The van der Waals surface area contributed by atoms with Gasteiger partial charge in [-0.2, -0.15) is 13.2 Å². The molecule has 2 heterocycles. The third-order valence-electron chi connectivity index (χ3n) is 8.30. The number of alkyl halides is 3. The van der Waals surface area contributed by atoms with E-state index >= 15 is 0 Å². The quantitative estimate of drug-likeness (QED) is 0.329. The standard InChI is InChI=1S/C31H34F3NO3S/c1-29(2,31(32,33)34)35-18-16-30(17-19-35)15-14-27-20-26(12-13-28(27)38-30)25-10-8-24(9-11-25)22-39(36,37)21-23-6-4-3-5-7-23/h3-13,20H,14-19,21-22H2,1-2H3. The maximum Gasteiger partial charge on any atom is 0.406 e. The number of halogens is 3. The Morgan fingerprint density at radius 3 is 2.03 bits per heavy atom. The predicted molar refractivity (Wildman–Crippen MR) is 147 cm³/mol. The summed E-state index contributed by atoms with van der Waals surface area (Å²) in [5.74, 6) is 0.803. The summed E-state index contributed by atoms with van der Waals surface area (Å²) in [6, 6.07) is 22.8. The van der Waals surface area contributed by atoms with Crippen LogP contribution < -0.4 is 4.74 Å². The largest absolute Gasteiger partial charge is 0.487 e. The van der Waals surface area contributed by atoms with Crippen LogP contribution in [0.1, 0.15) is 49.8 Å². The number of rotatable bonds is 6. The Morgan fingerprint density at radius 1 is 0.821 bits per heavy atom. The van der Waals surface area contributed by atoms with Crippen molar-refractivity contribution < 1.29 is 26.3 Å². The molecule has 4 nitrogen and oxygen atoms in total. The van der Waals surface area contributed by atoms with Gasteiger partial charge >= 0.3 is 6.18 Å². The summed E-state index contributed by atoms with van der Waals surface area (Å²) in [5.41, 5.74) is 2.36. The molecule has 0 atom stereocenters. The first kappa shape index (κ1) is 27.7. The van der Waals surface area contributed by atoms with E-state index in [0.29, 0.717) is 25.9 Å². The molecule has 0 N–H and O–H groups in total. The first-order chi connectivity index (χ1) is 18.4. The summed E-state index contributed by atoms with van der Waals surface area (Å²) in [4.78, 5) is 1.52. The fraction of sp³-hybridized carbons (Fsp3) is 0.419. The molecule has 0 radical (unpaired) electrons. The molecular weight excluding hydrogens is 523 g/mol. The van der Waals surface area contributed by atoms with Gasteiger partial charge in [0.1, 0.15) is 16.9 Å². The second-order valence-electron chi connectivity index (χ2n) is 11.4. The topological polar surface area (TPSA) is 46.6 Å². The average Bonchev–Trinajstić information content (AvgIpc) is 2.88. The number of fused-ring (bicyclic) bond motifs is 1. The van der Waals surface area contributed by atoms with Gasteiger partial charge in [0.05, 0.1) is 11.5 Å². The van der Waals surface area contributed by atoms with Gasteiger partial charge in [-0.1, -0.05) is 60.7 Å². The SMILES string of the molecule is CC(C)(N1CCC2(CCc3cc(-c4ccc(CS(=O)(=O)Cc5ccccc5)cc4)ccc3O2)CC1)C(F)(F)F. The van der Waals surface area contributed by atoms with Crippen LogP contribution in [0.15, 0.2) is 72.8 Å². The number of ether oxygens (including phenoxy) is 1. The minimum atomic E-state index is -4.28. The van der Waals surface area contributed by atoms with Crippen LogP contribution >= 0.6 is 0 Å². The monoisotopic (exact) mass is 557 g/mol.